The molecule has 1 rings (SSSR count). The smallest absolute Gasteiger partial charge is 0.0949 e. The maximum absolute atomic E-state index is 9.16. The maximum Gasteiger partial charge on any atom is 0.0949 e. The minimum atomic E-state index is -0.701. The Morgan fingerprint density at radius 3 is 2.77 bits per heavy atom. The number of nitrogens with zero attached hydrogens (tertiary/aromatic N) is 1. The Balaban J connectivity index is 2.58. The van der Waals surface area contributed by atoms with Gasteiger partial charge in [0.25, 0.3) is 0 Å². The molecule has 1 aromatic rings. The van der Waals surface area contributed by atoms with E-state index in [-0.39, 0.29) is 12.6 Å². The van der Waals surface area contributed by atoms with Crippen molar-refractivity contribution in [3.8, 4) is 0 Å². The fourth-order valence-corrected chi connectivity index (χ4v) is 1.14. The predicted molar refractivity (Wildman–Crippen MR) is 50.1 cm³/mol. The van der Waals surface area contributed by atoms with Gasteiger partial charge in [-0.2, -0.15) is 0 Å². The molecule has 0 radical (unpaired) electrons. The van der Waals surface area contributed by atoms with Gasteiger partial charge >= 0.3 is 0 Å². The van der Waals surface area contributed by atoms with Crippen LogP contribution >= 0.6 is 0 Å². The Morgan fingerprint density at radius 2 is 2.31 bits per heavy atom. The van der Waals surface area contributed by atoms with Crippen molar-refractivity contribution in [2.24, 2.45) is 5.73 Å². The van der Waals surface area contributed by atoms with E-state index in [4.69, 9.17) is 15.9 Å². The fraction of sp³-hybridized carbons (Fsp3) is 0.556. The van der Waals surface area contributed by atoms with Crippen LogP contribution in [0.3, 0.4) is 0 Å². The van der Waals surface area contributed by atoms with Gasteiger partial charge in [0.15, 0.2) is 0 Å². The van der Waals surface area contributed by atoms with Gasteiger partial charge in [0, 0.05) is 18.4 Å². The van der Waals surface area contributed by atoms with Crippen molar-refractivity contribution in [2.45, 2.75) is 25.6 Å². The van der Waals surface area contributed by atoms with Crippen LogP contribution in [-0.4, -0.2) is 27.5 Å². The zero-order chi connectivity index (χ0) is 9.84. The lowest BCUT2D eigenvalue weighted by Gasteiger charge is -2.07. The second-order valence-electron chi connectivity index (χ2n) is 3.27. The predicted octanol–water partition coefficient (Wildman–Crippen LogP) is -0.139. The van der Waals surface area contributed by atoms with Crippen molar-refractivity contribution in [1.82, 2.24) is 4.57 Å². The summed E-state index contributed by atoms with van der Waals surface area (Å²) in [6, 6.07) is 1.92. The summed E-state index contributed by atoms with van der Waals surface area (Å²) in [5.74, 6) is 0. The van der Waals surface area contributed by atoms with Gasteiger partial charge in [-0.3, -0.25) is 0 Å². The summed E-state index contributed by atoms with van der Waals surface area (Å²) in [5.41, 5.74) is 6.70. The van der Waals surface area contributed by atoms with E-state index in [1.54, 1.807) is 0 Å². The van der Waals surface area contributed by atoms with Gasteiger partial charge in [0.2, 0.25) is 0 Å². The summed E-state index contributed by atoms with van der Waals surface area (Å²) in [7, 11) is 0. The largest absolute Gasteiger partial charge is 0.394 e. The van der Waals surface area contributed by atoms with Gasteiger partial charge in [0.05, 0.1) is 19.3 Å². The molecule has 74 valence electrons. The van der Waals surface area contributed by atoms with E-state index >= 15 is 0 Å². The number of hydrogen-bond donors (Lipinski definition) is 3. The zero-order valence-electron chi connectivity index (χ0n) is 7.72. The highest BCUT2D eigenvalue weighted by molar-refractivity contribution is 5.13. The lowest BCUT2D eigenvalue weighted by atomic mass is 10.2. The van der Waals surface area contributed by atoms with E-state index in [0.29, 0.717) is 6.54 Å². The van der Waals surface area contributed by atoms with E-state index in [9.17, 15) is 0 Å². The second kappa shape index (κ2) is 4.41. The first-order chi connectivity index (χ1) is 6.13. The number of aliphatic hydroxyl groups excluding tert-OH is 2. The van der Waals surface area contributed by atoms with E-state index in [0.717, 1.165) is 5.56 Å². The molecule has 1 aromatic heterocycles. The molecule has 13 heavy (non-hydrogen) atoms. The van der Waals surface area contributed by atoms with E-state index in [1.165, 1.54) is 0 Å². The molecular weight excluding hydrogens is 168 g/mol. The number of nitrogens with two attached hydrogens (primary N) is 1. The average Bonchev–Trinajstić information content (AvgIpc) is 2.52. The first-order valence-corrected chi connectivity index (χ1v) is 4.33. The third-order valence-corrected chi connectivity index (χ3v) is 1.93. The summed E-state index contributed by atoms with van der Waals surface area (Å²) < 4.78 is 1.82. The lowest BCUT2D eigenvalue weighted by Crippen LogP contribution is -2.18. The van der Waals surface area contributed by atoms with Crippen molar-refractivity contribution in [3.05, 3.63) is 24.0 Å². The van der Waals surface area contributed by atoms with Crippen LogP contribution in [-0.2, 0) is 6.54 Å². The Labute approximate surface area is 77.6 Å². The topological polar surface area (TPSA) is 71.4 Å². The molecule has 0 bridgehead atoms. The van der Waals surface area contributed by atoms with Gasteiger partial charge in [-0.25, -0.2) is 0 Å². The molecule has 0 fully saturated rings. The van der Waals surface area contributed by atoms with Crippen molar-refractivity contribution >= 4 is 0 Å². The van der Waals surface area contributed by atoms with Gasteiger partial charge in [-0.15, -0.1) is 0 Å². The van der Waals surface area contributed by atoms with E-state index < -0.39 is 6.10 Å². The third-order valence-electron chi connectivity index (χ3n) is 1.93. The Hall–Kier alpha value is -0.840. The summed E-state index contributed by atoms with van der Waals surface area (Å²) in [5, 5.41) is 17.8. The van der Waals surface area contributed by atoms with E-state index in [2.05, 4.69) is 0 Å². The quantitative estimate of drug-likeness (QED) is 0.610. The van der Waals surface area contributed by atoms with Gasteiger partial charge in [-0.1, -0.05) is 0 Å². The molecule has 0 amide bonds. The molecular formula is C9H16N2O2. The first kappa shape index (κ1) is 10.2. The maximum atomic E-state index is 9.16. The fourth-order valence-electron chi connectivity index (χ4n) is 1.14. The first-order valence-electron chi connectivity index (χ1n) is 4.33. The highest BCUT2D eigenvalue weighted by Gasteiger charge is 2.05. The molecule has 2 atom stereocenters. The standard InChI is InChI=1S/C9H16N2O2/c1-7(10)8-2-3-11(4-8)5-9(13)6-12/h2-4,7,9,12-13H,5-6,10H2,1H3. The van der Waals surface area contributed by atoms with Crippen LogP contribution in [0.15, 0.2) is 18.5 Å². The van der Waals surface area contributed by atoms with Crippen LogP contribution in [0, 0.1) is 0 Å². The molecule has 0 aliphatic rings. The van der Waals surface area contributed by atoms with Crippen molar-refractivity contribution in [1.29, 1.82) is 0 Å². The van der Waals surface area contributed by atoms with Crippen molar-refractivity contribution in [2.75, 3.05) is 6.61 Å². The third kappa shape index (κ3) is 2.84. The molecule has 0 spiro atoms. The summed E-state index contributed by atoms with van der Waals surface area (Å²) >= 11 is 0. The van der Waals surface area contributed by atoms with Crippen LogP contribution in [0.4, 0.5) is 0 Å². The summed E-state index contributed by atoms with van der Waals surface area (Å²) in [4.78, 5) is 0. The normalized spacial score (nSPS) is 15.7. The Morgan fingerprint density at radius 1 is 1.62 bits per heavy atom. The molecule has 1 heterocycles. The number of rotatable bonds is 4. The molecule has 0 aromatic carbocycles. The average molecular weight is 184 g/mol. The Bertz CT molecular complexity index is 258. The van der Waals surface area contributed by atoms with Crippen LogP contribution in [0.1, 0.15) is 18.5 Å². The summed E-state index contributed by atoms with van der Waals surface area (Å²) in [6.07, 6.45) is 3.02. The minimum Gasteiger partial charge on any atom is -0.394 e. The van der Waals surface area contributed by atoms with Crippen LogP contribution in [0.5, 0.6) is 0 Å². The van der Waals surface area contributed by atoms with Gasteiger partial charge in [0.1, 0.15) is 0 Å². The molecule has 4 nitrogen and oxygen atoms in total. The molecule has 2 unspecified atom stereocenters. The lowest BCUT2D eigenvalue weighted by molar-refractivity contribution is 0.0813. The SMILES string of the molecule is CC(N)c1ccn(CC(O)CO)c1. The molecule has 0 aliphatic carbocycles. The van der Waals surface area contributed by atoms with Gasteiger partial charge < -0.3 is 20.5 Å². The van der Waals surface area contributed by atoms with E-state index in [1.807, 2.05) is 30.0 Å². The van der Waals surface area contributed by atoms with Crippen LogP contribution in [0.2, 0.25) is 0 Å². The second-order valence-corrected chi connectivity index (χ2v) is 3.27. The highest BCUT2D eigenvalue weighted by atomic mass is 16.3. The molecule has 0 aliphatic heterocycles. The number of aromatic nitrogens is 1. The van der Waals surface area contributed by atoms with Crippen molar-refractivity contribution in [3.63, 3.8) is 0 Å². The van der Waals surface area contributed by atoms with Crippen molar-refractivity contribution < 1.29 is 10.2 Å². The Kier molecular flexibility index (Phi) is 3.48. The monoisotopic (exact) mass is 184 g/mol. The van der Waals surface area contributed by atoms with Crippen LogP contribution in [0.25, 0.3) is 0 Å². The molecule has 4 N–H and O–H groups in total. The molecule has 4 heteroatoms. The van der Waals surface area contributed by atoms with Gasteiger partial charge in [-0.05, 0) is 18.6 Å². The zero-order valence-corrected chi connectivity index (χ0v) is 7.72. The number of hydrogen-bond acceptors (Lipinski definition) is 3. The molecule has 0 saturated heterocycles. The molecule has 0 saturated carbocycles. The highest BCUT2D eigenvalue weighted by Crippen LogP contribution is 2.09. The summed E-state index contributed by atoms with van der Waals surface area (Å²) in [6.45, 7) is 2.09. The number of aliphatic hydroxyl groups is 2. The minimum absolute atomic E-state index is 0.00696. The van der Waals surface area contributed by atoms with Crippen LogP contribution < -0.4 is 5.73 Å².